The van der Waals surface area contributed by atoms with Gasteiger partial charge in [-0.3, -0.25) is 0 Å². The minimum Gasteiger partial charge on any atom is -0.380 e. The van der Waals surface area contributed by atoms with Crippen LogP contribution in [0.25, 0.3) is 10.2 Å². The second-order valence-electron chi connectivity index (χ2n) is 6.27. The maximum atomic E-state index is 6.69. The van der Waals surface area contributed by atoms with Crippen molar-refractivity contribution in [2.24, 2.45) is 0 Å². The summed E-state index contributed by atoms with van der Waals surface area (Å²) in [5.74, 6) is 0.484. The molecular formula is C22H24Cl2N2S. The zero-order chi connectivity index (χ0) is 19.2. The molecule has 1 atom stereocenters. The summed E-state index contributed by atoms with van der Waals surface area (Å²) in [7, 11) is 0. The number of thiophene rings is 1. The number of allylic oxidation sites excluding steroid dienone is 2. The molecule has 1 aliphatic rings. The zero-order valence-corrected chi connectivity index (χ0v) is 18.0. The van der Waals surface area contributed by atoms with E-state index in [0.29, 0.717) is 11.1 Å². The Labute approximate surface area is 175 Å². The van der Waals surface area contributed by atoms with E-state index in [2.05, 4.69) is 34.6 Å². The molecule has 1 aromatic carbocycles. The Hall–Kier alpha value is -1.55. The molecule has 4 rings (SSSR count). The summed E-state index contributed by atoms with van der Waals surface area (Å²) in [5.41, 5.74) is 3.05. The first-order chi connectivity index (χ1) is 13.2. The summed E-state index contributed by atoms with van der Waals surface area (Å²) in [6, 6.07) is 12.2. The van der Waals surface area contributed by atoms with Gasteiger partial charge in [-0.2, -0.15) is 0 Å². The van der Waals surface area contributed by atoms with Crippen molar-refractivity contribution in [1.29, 1.82) is 0 Å². The quantitative estimate of drug-likeness (QED) is 0.342. The summed E-state index contributed by atoms with van der Waals surface area (Å²) in [4.78, 5) is 5.73. The molecule has 5 heteroatoms. The molecule has 0 aliphatic heterocycles. The number of anilines is 1. The lowest BCUT2D eigenvalue weighted by atomic mass is 9.93. The van der Waals surface area contributed by atoms with Gasteiger partial charge in [0.05, 0.1) is 15.4 Å². The van der Waals surface area contributed by atoms with E-state index in [1.165, 1.54) is 10.4 Å². The van der Waals surface area contributed by atoms with Gasteiger partial charge in [0.25, 0.3) is 0 Å². The normalized spacial score (nSPS) is 16.1. The molecule has 2 heterocycles. The molecule has 0 saturated heterocycles. The maximum Gasteiger partial charge on any atom is 0.131 e. The zero-order valence-electron chi connectivity index (χ0n) is 15.6. The molecular weight excluding hydrogens is 395 g/mol. The number of benzene rings is 1. The molecule has 0 radical (unpaired) electrons. The van der Waals surface area contributed by atoms with E-state index in [1.54, 1.807) is 11.3 Å². The molecule has 0 fully saturated rings. The molecule has 1 aliphatic carbocycles. The Balaban J connectivity index is 0.00000102. The molecule has 0 saturated carbocycles. The molecule has 142 valence electrons. The molecule has 2 nitrogen and oxygen atoms in total. The summed E-state index contributed by atoms with van der Waals surface area (Å²) < 4.78 is 1.09. The average Bonchev–Trinajstić information content (AvgIpc) is 3.06. The van der Waals surface area contributed by atoms with Crippen molar-refractivity contribution in [3.8, 4) is 0 Å². The van der Waals surface area contributed by atoms with E-state index in [-0.39, 0.29) is 0 Å². The Bertz CT molecular complexity index is 919. The van der Waals surface area contributed by atoms with E-state index in [0.717, 1.165) is 46.7 Å². The molecule has 1 N–H and O–H groups in total. The van der Waals surface area contributed by atoms with E-state index >= 15 is 0 Å². The topological polar surface area (TPSA) is 24.9 Å². The first-order valence-corrected chi connectivity index (χ1v) is 11.0. The lowest BCUT2D eigenvalue weighted by molar-refractivity contribution is 0.627. The summed E-state index contributed by atoms with van der Waals surface area (Å²) in [6.45, 7) is 4.74. The standard InChI is InChI=1S/C20H18Cl2N2S.C2H6/c21-16-11-15(23-12-13-7-3-1-4-8-13)20-18(24-16)17(22)19(25-20)14-9-5-2-6-10-14;1-2/h1-5,7-8,11,14H,6,9-10,12H2,(H,23,24);1-2H3. The van der Waals surface area contributed by atoms with Crippen LogP contribution in [0, 0.1) is 0 Å². The van der Waals surface area contributed by atoms with Gasteiger partial charge in [-0.1, -0.05) is 79.5 Å². The van der Waals surface area contributed by atoms with Crippen molar-refractivity contribution < 1.29 is 0 Å². The molecule has 27 heavy (non-hydrogen) atoms. The summed E-state index contributed by atoms with van der Waals surface area (Å²) in [6.07, 6.45) is 7.81. The molecule has 0 amide bonds. The number of halogens is 2. The smallest absolute Gasteiger partial charge is 0.131 e. The fraction of sp³-hybridized carbons (Fsp3) is 0.318. The van der Waals surface area contributed by atoms with Crippen molar-refractivity contribution in [2.75, 3.05) is 5.32 Å². The average molecular weight is 419 g/mol. The van der Waals surface area contributed by atoms with Gasteiger partial charge in [0.1, 0.15) is 10.7 Å². The molecule has 0 bridgehead atoms. The largest absolute Gasteiger partial charge is 0.380 e. The third-order valence-electron chi connectivity index (χ3n) is 4.54. The predicted molar refractivity (Wildman–Crippen MR) is 120 cm³/mol. The third kappa shape index (κ3) is 4.66. The van der Waals surface area contributed by atoms with E-state index in [9.17, 15) is 0 Å². The SMILES string of the molecule is CC.Clc1cc(NCc2ccccc2)c2sc(C3CC=CCC3)c(Cl)c2n1. The highest BCUT2D eigenvalue weighted by Gasteiger charge is 2.22. The van der Waals surface area contributed by atoms with Gasteiger partial charge < -0.3 is 5.32 Å². The van der Waals surface area contributed by atoms with Gasteiger partial charge in [-0.15, -0.1) is 11.3 Å². The van der Waals surface area contributed by atoms with Crippen LogP contribution in [0.5, 0.6) is 0 Å². The maximum absolute atomic E-state index is 6.69. The summed E-state index contributed by atoms with van der Waals surface area (Å²) in [5, 5.41) is 4.74. The van der Waals surface area contributed by atoms with Gasteiger partial charge in [0, 0.05) is 17.5 Å². The van der Waals surface area contributed by atoms with Gasteiger partial charge in [-0.25, -0.2) is 4.98 Å². The van der Waals surface area contributed by atoms with Gasteiger partial charge in [0.2, 0.25) is 0 Å². The van der Waals surface area contributed by atoms with Crippen LogP contribution in [0.4, 0.5) is 5.69 Å². The van der Waals surface area contributed by atoms with Crippen LogP contribution < -0.4 is 5.32 Å². The Morgan fingerprint density at radius 1 is 1.15 bits per heavy atom. The van der Waals surface area contributed by atoms with Crippen molar-refractivity contribution in [3.63, 3.8) is 0 Å². The highest BCUT2D eigenvalue weighted by atomic mass is 35.5. The van der Waals surface area contributed by atoms with Crippen molar-refractivity contribution in [3.05, 3.63) is 69.2 Å². The number of nitrogens with one attached hydrogen (secondary N) is 1. The Morgan fingerprint density at radius 3 is 2.63 bits per heavy atom. The molecule has 0 spiro atoms. The molecule has 1 unspecified atom stereocenters. The lowest BCUT2D eigenvalue weighted by Crippen LogP contribution is -1.99. The molecule has 3 aromatic rings. The Morgan fingerprint density at radius 2 is 1.93 bits per heavy atom. The number of hydrogen-bond acceptors (Lipinski definition) is 3. The number of hydrogen-bond donors (Lipinski definition) is 1. The third-order valence-corrected chi connectivity index (χ3v) is 6.61. The summed E-state index contributed by atoms with van der Waals surface area (Å²) >= 11 is 14.7. The van der Waals surface area contributed by atoms with Crippen LogP contribution in [-0.4, -0.2) is 4.98 Å². The fourth-order valence-electron chi connectivity index (χ4n) is 3.24. The number of aromatic nitrogens is 1. The van der Waals surface area contributed by atoms with Crippen LogP contribution in [0.15, 0.2) is 48.6 Å². The second kappa shape index (κ2) is 9.59. The van der Waals surface area contributed by atoms with Crippen LogP contribution in [0.1, 0.15) is 49.5 Å². The van der Waals surface area contributed by atoms with Crippen LogP contribution in [0.3, 0.4) is 0 Å². The van der Waals surface area contributed by atoms with Crippen molar-refractivity contribution in [2.45, 2.75) is 45.6 Å². The van der Waals surface area contributed by atoms with Crippen molar-refractivity contribution in [1.82, 2.24) is 4.98 Å². The van der Waals surface area contributed by atoms with Gasteiger partial charge in [0.15, 0.2) is 0 Å². The van der Waals surface area contributed by atoms with Crippen LogP contribution in [0.2, 0.25) is 10.2 Å². The van der Waals surface area contributed by atoms with Gasteiger partial charge >= 0.3 is 0 Å². The minimum atomic E-state index is 0.470. The highest BCUT2D eigenvalue weighted by molar-refractivity contribution is 7.20. The lowest BCUT2D eigenvalue weighted by Gasteiger charge is -2.16. The monoisotopic (exact) mass is 418 g/mol. The first kappa shape index (κ1) is 20.2. The van der Waals surface area contributed by atoms with Crippen molar-refractivity contribution >= 4 is 50.4 Å². The fourth-order valence-corrected chi connectivity index (χ4v) is 5.17. The first-order valence-electron chi connectivity index (χ1n) is 9.43. The minimum absolute atomic E-state index is 0.470. The van der Waals surface area contributed by atoms with E-state index in [4.69, 9.17) is 23.2 Å². The van der Waals surface area contributed by atoms with Gasteiger partial charge in [-0.05, 0) is 30.7 Å². The highest BCUT2D eigenvalue weighted by Crippen LogP contribution is 2.45. The number of fused-ring (bicyclic) bond motifs is 1. The van der Waals surface area contributed by atoms with E-state index in [1.807, 2.05) is 38.1 Å². The number of nitrogens with zero attached hydrogens (tertiary/aromatic N) is 1. The van der Waals surface area contributed by atoms with E-state index < -0.39 is 0 Å². The van der Waals surface area contributed by atoms with Crippen LogP contribution >= 0.6 is 34.5 Å². The molecule has 2 aromatic heterocycles. The number of rotatable bonds is 4. The second-order valence-corrected chi connectivity index (χ2v) is 8.09. The Kier molecular flexibility index (Phi) is 7.17. The van der Waals surface area contributed by atoms with Crippen LogP contribution in [-0.2, 0) is 6.54 Å². The number of pyridine rings is 1. The predicted octanol–water partition coefficient (Wildman–Crippen LogP) is 8.07.